The highest BCUT2D eigenvalue weighted by molar-refractivity contribution is 5.95. The zero-order valence-electron chi connectivity index (χ0n) is 17.9. The Balaban J connectivity index is 1.52. The molecular weight excluding hydrogens is 435 g/mol. The van der Waals surface area contributed by atoms with Crippen molar-refractivity contribution in [3.05, 3.63) is 36.0 Å². The molecule has 3 heterocycles. The zero-order chi connectivity index (χ0) is 23.6. The highest BCUT2D eigenvalue weighted by Gasteiger charge is 2.45. The monoisotopic (exact) mass is 459 g/mol. The Morgan fingerprint density at radius 2 is 1.97 bits per heavy atom. The first-order valence-corrected chi connectivity index (χ1v) is 10.9. The summed E-state index contributed by atoms with van der Waals surface area (Å²) in [4.78, 5) is 31.9. The van der Waals surface area contributed by atoms with E-state index in [2.05, 4.69) is 16.4 Å². The second-order valence-corrected chi connectivity index (χ2v) is 8.52. The molecule has 0 aliphatic carbocycles. The lowest BCUT2D eigenvalue weighted by Crippen LogP contribution is -2.54. The number of nitriles is 1. The number of hydrogen-bond acceptors (Lipinski definition) is 5. The first-order chi connectivity index (χ1) is 15.8. The van der Waals surface area contributed by atoms with Crippen LogP contribution in [0.25, 0.3) is 10.9 Å². The number of alkyl halides is 3. The molecule has 0 saturated carbocycles. The SMILES string of the molecule is N#Cc1ccc(N2C[C@@H](NC(=O)CCC(=O)N3CCC3)C[C@@H](C(F)(F)F)C2)c2cccnc12. The molecule has 1 aromatic heterocycles. The van der Waals surface area contributed by atoms with E-state index < -0.39 is 24.0 Å². The third-order valence-corrected chi connectivity index (χ3v) is 6.26. The number of nitrogens with one attached hydrogen (secondary N) is 1. The molecule has 0 unspecified atom stereocenters. The molecular formula is C23H24F3N5O2. The Hall–Kier alpha value is -3.35. The van der Waals surface area contributed by atoms with Crippen LogP contribution in [0, 0.1) is 17.2 Å². The summed E-state index contributed by atoms with van der Waals surface area (Å²) in [5.74, 6) is -2.16. The van der Waals surface area contributed by atoms with Gasteiger partial charge in [-0.1, -0.05) is 0 Å². The quantitative estimate of drug-likeness (QED) is 0.743. The maximum absolute atomic E-state index is 13.7. The topological polar surface area (TPSA) is 89.3 Å². The van der Waals surface area contributed by atoms with Crippen LogP contribution in [-0.4, -0.2) is 60.1 Å². The average molecular weight is 459 g/mol. The molecule has 174 valence electrons. The molecule has 7 nitrogen and oxygen atoms in total. The van der Waals surface area contributed by atoms with Gasteiger partial charge in [-0.05, 0) is 37.1 Å². The second kappa shape index (κ2) is 9.25. The first-order valence-electron chi connectivity index (χ1n) is 10.9. The largest absolute Gasteiger partial charge is 0.393 e. The number of amides is 2. The predicted molar refractivity (Wildman–Crippen MR) is 115 cm³/mol. The summed E-state index contributed by atoms with van der Waals surface area (Å²) in [5, 5.41) is 12.6. The maximum Gasteiger partial charge on any atom is 0.393 e. The fourth-order valence-electron chi connectivity index (χ4n) is 4.41. The first kappa shape index (κ1) is 22.8. The van der Waals surface area contributed by atoms with E-state index in [1.807, 2.05) is 0 Å². The molecule has 10 heteroatoms. The van der Waals surface area contributed by atoms with Gasteiger partial charge in [0.1, 0.15) is 6.07 Å². The number of aromatic nitrogens is 1. The van der Waals surface area contributed by atoms with Gasteiger partial charge < -0.3 is 15.1 Å². The van der Waals surface area contributed by atoms with Crippen LogP contribution in [0.4, 0.5) is 18.9 Å². The van der Waals surface area contributed by atoms with Crippen molar-refractivity contribution in [3.63, 3.8) is 0 Å². The van der Waals surface area contributed by atoms with Crippen LogP contribution in [0.3, 0.4) is 0 Å². The van der Waals surface area contributed by atoms with E-state index in [0.717, 1.165) is 6.42 Å². The zero-order valence-corrected chi connectivity index (χ0v) is 17.9. The minimum atomic E-state index is -4.42. The molecule has 2 aromatic rings. The summed E-state index contributed by atoms with van der Waals surface area (Å²) in [6, 6.07) is 7.92. The lowest BCUT2D eigenvalue weighted by Gasteiger charge is -2.40. The molecule has 0 bridgehead atoms. The van der Waals surface area contributed by atoms with Crippen LogP contribution in [0.2, 0.25) is 0 Å². The number of piperidine rings is 1. The van der Waals surface area contributed by atoms with Gasteiger partial charge in [0.2, 0.25) is 11.8 Å². The number of rotatable bonds is 5. The molecule has 2 fully saturated rings. The Kier molecular flexibility index (Phi) is 6.40. The summed E-state index contributed by atoms with van der Waals surface area (Å²) in [6.45, 7) is 1.32. The number of hydrogen-bond donors (Lipinski definition) is 1. The fraction of sp³-hybridized carbons (Fsp3) is 0.478. The molecule has 1 aromatic carbocycles. The van der Waals surface area contributed by atoms with E-state index in [9.17, 15) is 28.0 Å². The van der Waals surface area contributed by atoms with E-state index in [-0.39, 0.29) is 38.3 Å². The molecule has 33 heavy (non-hydrogen) atoms. The van der Waals surface area contributed by atoms with Gasteiger partial charge in [-0.3, -0.25) is 14.6 Å². The van der Waals surface area contributed by atoms with Gasteiger partial charge in [-0.2, -0.15) is 18.4 Å². The minimum Gasteiger partial charge on any atom is -0.368 e. The Bertz CT molecular complexity index is 1090. The van der Waals surface area contributed by atoms with Gasteiger partial charge in [-0.15, -0.1) is 0 Å². The summed E-state index contributed by atoms with van der Waals surface area (Å²) in [5.41, 5.74) is 1.31. The molecule has 2 saturated heterocycles. The molecule has 2 atom stereocenters. The molecule has 2 amide bonds. The number of halogens is 3. The smallest absolute Gasteiger partial charge is 0.368 e. The van der Waals surface area contributed by atoms with Crippen molar-refractivity contribution in [3.8, 4) is 6.07 Å². The molecule has 4 rings (SSSR count). The Morgan fingerprint density at radius 1 is 1.18 bits per heavy atom. The number of likely N-dealkylation sites (tertiary alicyclic amines) is 1. The number of pyridine rings is 1. The van der Waals surface area contributed by atoms with Gasteiger partial charge in [0.25, 0.3) is 0 Å². The van der Waals surface area contributed by atoms with E-state index in [1.54, 1.807) is 34.1 Å². The lowest BCUT2D eigenvalue weighted by molar-refractivity contribution is -0.178. The van der Waals surface area contributed by atoms with E-state index in [0.29, 0.717) is 35.2 Å². The van der Waals surface area contributed by atoms with Crippen molar-refractivity contribution >= 4 is 28.4 Å². The van der Waals surface area contributed by atoms with Crippen LogP contribution in [-0.2, 0) is 9.59 Å². The second-order valence-electron chi connectivity index (χ2n) is 8.52. The summed E-state index contributed by atoms with van der Waals surface area (Å²) >= 11 is 0. The average Bonchev–Trinajstić information content (AvgIpc) is 2.75. The summed E-state index contributed by atoms with van der Waals surface area (Å²) < 4.78 is 41.2. The normalized spacial score (nSPS) is 20.8. The van der Waals surface area contributed by atoms with Gasteiger partial charge in [0, 0.05) is 62.3 Å². The van der Waals surface area contributed by atoms with E-state index in [4.69, 9.17) is 0 Å². The maximum atomic E-state index is 13.7. The van der Waals surface area contributed by atoms with Crippen LogP contribution >= 0.6 is 0 Å². The van der Waals surface area contributed by atoms with Crippen molar-refractivity contribution in [2.45, 2.75) is 37.9 Å². The minimum absolute atomic E-state index is 0.0494. The van der Waals surface area contributed by atoms with Gasteiger partial charge >= 0.3 is 6.18 Å². The van der Waals surface area contributed by atoms with E-state index >= 15 is 0 Å². The third-order valence-electron chi connectivity index (χ3n) is 6.26. The summed E-state index contributed by atoms with van der Waals surface area (Å²) in [7, 11) is 0. The number of nitrogens with zero attached hydrogens (tertiary/aromatic N) is 4. The number of carbonyl (C=O) groups excluding carboxylic acids is 2. The van der Waals surface area contributed by atoms with Crippen molar-refractivity contribution in [1.82, 2.24) is 15.2 Å². The summed E-state index contributed by atoms with van der Waals surface area (Å²) in [6.07, 6.45) is -2.16. The number of fused-ring (bicyclic) bond motifs is 1. The fourth-order valence-corrected chi connectivity index (χ4v) is 4.41. The molecule has 1 N–H and O–H groups in total. The standard InChI is InChI=1S/C23H24F3N5O2/c24-23(25,26)16-11-17(29-20(32)6-7-21(33)30-9-2-10-30)14-31(13-16)19-5-4-15(12-27)22-18(19)3-1-8-28-22/h1,3-5,8,16-17H,2,6-7,9-11,13-14H2,(H,29,32)/t16-,17+/m1/s1. The molecule has 2 aliphatic rings. The Morgan fingerprint density at radius 3 is 2.64 bits per heavy atom. The number of anilines is 1. The number of benzene rings is 1. The van der Waals surface area contributed by atoms with Crippen LogP contribution in [0.15, 0.2) is 30.5 Å². The van der Waals surface area contributed by atoms with Crippen molar-refractivity contribution < 1.29 is 22.8 Å². The third kappa shape index (κ3) is 5.02. The van der Waals surface area contributed by atoms with Gasteiger partial charge in [0.05, 0.1) is 17.0 Å². The highest BCUT2D eigenvalue weighted by atomic mass is 19.4. The highest BCUT2D eigenvalue weighted by Crippen LogP contribution is 2.37. The van der Waals surface area contributed by atoms with Crippen LogP contribution in [0.1, 0.15) is 31.2 Å². The van der Waals surface area contributed by atoms with Crippen molar-refractivity contribution in [2.24, 2.45) is 5.92 Å². The van der Waals surface area contributed by atoms with Gasteiger partial charge in [0.15, 0.2) is 0 Å². The van der Waals surface area contributed by atoms with Crippen LogP contribution in [0.5, 0.6) is 0 Å². The van der Waals surface area contributed by atoms with Crippen molar-refractivity contribution in [2.75, 3.05) is 31.1 Å². The van der Waals surface area contributed by atoms with E-state index in [1.165, 1.54) is 6.20 Å². The lowest BCUT2D eigenvalue weighted by atomic mass is 9.92. The molecule has 2 aliphatic heterocycles. The van der Waals surface area contributed by atoms with Crippen molar-refractivity contribution in [1.29, 1.82) is 5.26 Å². The molecule has 0 radical (unpaired) electrons. The molecule has 0 spiro atoms. The predicted octanol–water partition coefficient (Wildman–Crippen LogP) is 2.99. The van der Waals surface area contributed by atoms with Gasteiger partial charge in [-0.25, -0.2) is 0 Å². The Labute approximate surface area is 189 Å². The number of carbonyl (C=O) groups is 2. The van der Waals surface area contributed by atoms with Crippen LogP contribution < -0.4 is 10.2 Å².